The van der Waals surface area contributed by atoms with Crippen molar-refractivity contribution in [2.24, 2.45) is 7.05 Å². The number of hydrogen-bond acceptors (Lipinski definition) is 5. The molecule has 0 aliphatic rings. The van der Waals surface area contributed by atoms with E-state index in [-0.39, 0.29) is 5.91 Å². The minimum atomic E-state index is -0.00301. The number of aromatic nitrogens is 3. The number of ether oxygens (including phenoxy) is 1. The second kappa shape index (κ2) is 8.77. The number of nitrogens with zero attached hydrogens (tertiary/aromatic N) is 4. The number of methoxy groups -OCH3 is 1. The van der Waals surface area contributed by atoms with Gasteiger partial charge in [-0.3, -0.25) is 9.69 Å². The molecule has 136 valence electrons. The van der Waals surface area contributed by atoms with Crippen molar-refractivity contribution >= 4 is 18.1 Å². The predicted molar refractivity (Wildman–Crippen MR) is 100.0 cm³/mol. The Morgan fingerprint density at radius 2 is 2.12 bits per heavy atom. The molecule has 0 radical (unpaired) electrons. The maximum absolute atomic E-state index is 11.8. The molecule has 25 heavy (non-hydrogen) atoms. The molecule has 8 heteroatoms. The van der Waals surface area contributed by atoms with Crippen LogP contribution >= 0.6 is 12.2 Å². The topological polar surface area (TPSA) is 64.3 Å². The van der Waals surface area contributed by atoms with Gasteiger partial charge >= 0.3 is 0 Å². The Balaban J connectivity index is 2.18. The van der Waals surface area contributed by atoms with Crippen LogP contribution in [0.15, 0.2) is 24.3 Å². The van der Waals surface area contributed by atoms with Crippen LogP contribution in [0.3, 0.4) is 0 Å². The third-order valence-corrected chi connectivity index (χ3v) is 4.23. The fraction of sp³-hybridized carbons (Fsp3) is 0.471. The summed E-state index contributed by atoms with van der Waals surface area (Å²) in [5, 5.41) is 7.48. The average molecular weight is 363 g/mol. The smallest absolute Gasteiger partial charge is 0.234 e. The number of hydrogen-bond donors (Lipinski definition) is 1. The van der Waals surface area contributed by atoms with E-state index in [0.717, 1.165) is 23.6 Å². The standard InChI is InChI=1S/C17H25N5O2S/c1-5-10-18-15(23)11-20(2)12-22-17(25)21(3)16(19-22)13-8-6-7-9-14(13)24-4/h6-9H,5,10-12H2,1-4H3,(H,18,23). The van der Waals surface area contributed by atoms with Crippen molar-refractivity contribution < 1.29 is 9.53 Å². The largest absolute Gasteiger partial charge is 0.496 e. The second-order valence-corrected chi connectivity index (χ2v) is 6.24. The number of amides is 1. The first-order valence-corrected chi connectivity index (χ1v) is 8.61. The highest BCUT2D eigenvalue weighted by Crippen LogP contribution is 2.28. The number of carbonyl (C=O) groups is 1. The van der Waals surface area contributed by atoms with Gasteiger partial charge in [0, 0.05) is 13.6 Å². The van der Waals surface area contributed by atoms with E-state index in [1.165, 1.54) is 0 Å². The van der Waals surface area contributed by atoms with Crippen LogP contribution < -0.4 is 10.1 Å². The lowest BCUT2D eigenvalue weighted by atomic mass is 10.2. The number of likely N-dealkylation sites (N-methyl/N-ethyl adjacent to an activating group) is 1. The molecule has 1 N–H and O–H groups in total. The van der Waals surface area contributed by atoms with Crippen molar-refractivity contribution in [2.45, 2.75) is 20.0 Å². The Bertz CT molecular complexity index is 784. The third kappa shape index (κ3) is 4.67. The van der Waals surface area contributed by atoms with E-state index in [0.29, 0.717) is 24.5 Å². The number of nitrogens with one attached hydrogen (secondary N) is 1. The van der Waals surface area contributed by atoms with Gasteiger partial charge in [-0.05, 0) is 37.8 Å². The lowest BCUT2D eigenvalue weighted by molar-refractivity contribution is -0.122. The minimum absolute atomic E-state index is 0.00301. The van der Waals surface area contributed by atoms with Crippen molar-refractivity contribution in [3.05, 3.63) is 29.0 Å². The molecule has 1 aromatic carbocycles. The summed E-state index contributed by atoms with van der Waals surface area (Å²) in [6.07, 6.45) is 0.920. The van der Waals surface area contributed by atoms with Gasteiger partial charge in [-0.15, -0.1) is 0 Å². The van der Waals surface area contributed by atoms with Gasteiger partial charge in [0.05, 0.1) is 25.9 Å². The SMILES string of the molecule is CCCNC(=O)CN(C)Cn1nc(-c2ccccc2OC)n(C)c1=S. The predicted octanol–water partition coefficient (Wildman–Crippen LogP) is 2.04. The van der Waals surface area contributed by atoms with Crippen LogP contribution in [0, 0.1) is 4.77 Å². The molecule has 0 fully saturated rings. The van der Waals surface area contributed by atoms with Crippen LogP contribution in [-0.2, 0) is 18.5 Å². The lowest BCUT2D eigenvalue weighted by Gasteiger charge is -2.15. The van der Waals surface area contributed by atoms with Gasteiger partial charge in [0.15, 0.2) is 10.6 Å². The van der Waals surface area contributed by atoms with E-state index < -0.39 is 0 Å². The number of rotatable bonds is 8. The molecule has 1 amide bonds. The normalized spacial score (nSPS) is 10.9. The zero-order valence-electron chi connectivity index (χ0n) is 15.2. The zero-order valence-corrected chi connectivity index (χ0v) is 16.0. The van der Waals surface area contributed by atoms with Gasteiger partial charge in [0.1, 0.15) is 5.75 Å². The first kappa shape index (κ1) is 19.1. The molecule has 0 saturated carbocycles. The highest BCUT2D eigenvalue weighted by Gasteiger charge is 2.15. The van der Waals surface area contributed by atoms with E-state index in [2.05, 4.69) is 10.4 Å². The molecule has 7 nitrogen and oxygen atoms in total. The zero-order chi connectivity index (χ0) is 18.4. The summed E-state index contributed by atoms with van der Waals surface area (Å²) in [6, 6.07) is 7.69. The monoisotopic (exact) mass is 363 g/mol. The maximum atomic E-state index is 11.8. The summed E-state index contributed by atoms with van der Waals surface area (Å²) in [4.78, 5) is 13.7. The van der Waals surface area contributed by atoms with E-state index >= 15 is 0 Å². The van der Waals surface area contributed by atoms with Crippen LogP contribution in [0.1, 0.15) is 13.3 Å². The van der Waals surface area contributed by atoms with Crippen molar-refractivity contribution in [2.75, 3.05) is 27.2 Å². The average Bonchev–Trinajstić information content (AvgIpc) is 2.88. The van der Waals surface area contributed by atoms with Crippen LogP contribution in [0.2, 0.25) is 0 Å². The highest BCUT2D eigenvalue weighted by atomic mass is 32.1. The Hall–Kier alpha value is -2.19. The van der Waals surface area contributed by atoms with Gasteiger partial charge in [0.25, 0.3) is 0 Å². The molecule has 0 unspecified atom stereocenters. The number of benzene rings is 1. The van der Waals surface area contributed by atoms with Gasteiger partial charge in [-0.25, -0.2) is 4.68 Å². The lowest BCUT2D eigenvalue weighted by Crippen LogP contribution is -2.36. The molecule has 1 heterocycles. The molecular formula is C17H25N5O2S. The van der Waals surface area contributed by atoms with Crippen LogP contribution in [0.4, 0.5) is 0 Å². The molecule has 2 aromatic rings. The van der Waals surface area contributed by atoms with Gasteiger partial charge in [-0.2, -0.15) is 5.10 Å². The Labute approximate surface area is 153 Å². The van der Waals surface area contributed by atoms with Crippen LogP contribution in [-0.4, -0.2) is 52.4 Å². The summed E-state index contributed by atoms with van der Waals surface area (Å²) in [7, 11) is 5.37. The highest BCUT2D eigenvalue weighted by molar-refractivity contribution is 7.71. The van der Waals surface area contributed by atoms with Gasteiger partial charge < -0.3 is 14.6 Å². The quantitative estimate of drug-likeness (QED) is 0.727. The van der Waals surface area contributed by atoms with Crippen molar-refractivity contribution in [1.29, 1.82) is 0 Å². The fourth-order valence-electron chi connectivity index (χ4n) is 2.49. The Morgan fingerprint density at radius 1 is 1.40 bits per heavy atom. The molecule has 0 atom stereocenters. The molecule has 0 saturated heterocycles. The van der Waals surface area contributed by atoms with E-state index in [1.807, 2.05) is 54.8 Å². The maximum Gasteiger partial charge on any atom is 0.234 e. The van der Waals surface area contributed by atoms with E-state index in [1.54, 1.807) is 11.8 Å². The third-order valence-electron chi connectivity index (χ3n) is 3.75. The second-order valence-electron chi connectivity index (χ2n) is 5.87. The van der Waals surface area contributed by atoms with Crippen molar-refractivity contribution in [1.82, 2.24) is 24.6 Å². The molecule has 0 aliphatic carbocycles. The minimum Gasteiger partial charge on any atom is -0.496 e. The molecular weight excluding hydrogens is 338 g/mol. The molecule has 0 bridgehead atoms. The first-order valence-electron chi connectivity index (χ1n) is 8.20. The fourth-order valence-corrected chi connectivity index (χ4v) is 2.67. The van der Waals surface area contributed by atoms with Crippen LogP contribution in [0.25, 0.3) is 11.4 Å². The summed E-state index contributed by atoms with van der Waals surface area (Å²) in [5.41, 5.74) is 0.876. The summed E-state index contributed by atoms with van der Waals surface area (Å²) < 4.78 is 9.56. The van der Waals surface area contributed by atoms with Gasteiger partial charge in [0.2, 0.25) is 5.91 Å². The van der Waals surface area contributed by atoms with E-state index in [4.69, 9.17) is 17.0 Å². The summed E-state index contributed by atoms with van der Waals surface area (Å²) in [6.45, 7) is 3.44. The number of para-hydroxylation sites is 1. The van der Waals surface area contributed by atoms with Gasteiger partial charge in [-0.1, -0.05) is 19.1 Å². The first-order chi connectivity index (χ1) is 12.0. The Kier molecular flexibility index (Phi) is 6.72. The molecule has 2 rings (SSSR count). The number of carbonyl (C=O) groups excluding carboxylic acids is 1. The summed E-state index contributed by atoms with van der Waals surface area (Å²) in [5.74, 6) is 1.47. The van der Waals surface area contributed by atoms with Crippen molar-refractivity contribution in [3.63, 3.8) is 0 Å². The Morgan fingerprint density at radius 3 is 2.80 bits per heavy atom. The molecule has 0 aliphatic heterocycles. The van der Waals surface area contributed by atoms with Crippen molar-refractivity contribution in [3.8, 4) is 17.1 Å². The van der Waals surface area contributed by atoms with E-state index in [9.17, 15) is 4.79 Å². The summed E-state index contributed by atoms with van der Waals surface area (Å²) >= 11 is 5.49. The molecule has 1 aromatic heterocycles. The van der Waals surface area contributed by atoms with Crippen LogP contribution in [0.5, 0.6) is 5.75 Å². The molecule has 0 spiro atoms.